The van der Waals surface area contributed by atoms with E-state index in [2.05, 4.69) is 33.8 Å². The third-order valence-corrected chi connectivity index (χ3v) is 4.01. The summed E-state index contributed by atoms with van der Waals surface area (Å²) in [7, 11) is 1.89. The number of amides is 1. The van der Waals surface area contributed by atoms with Crippen molar-refractivity contribution in [2.75, 3.05) is 33.3 Å². The molecular formula is C20H32N4O2. The van der Waals surface area contributed by atoms with E-state index in [0.29, 0.717) is 6.54 Å². The molecule has 0 saturated heterocycles. The average Bonchev–Trinajstić information content (AvgIpc) is 2.99. The minimum Gasteiger partial charge on any atom is -0.493 e. The molecule has 0 aromatic heterocycles. The van der Waals surface area contributed by atoms with Crippen LogP contribution in [0.5, 0.6) is 5.75 Å². The second-order valence-electron chi connectivity index (χ2n) is 7.68. The van der Waals surface area contributed by atoms with Crippen molar-refractivity contribution in [1.29, 1.82) is 0 Å². The highest BCUT2D eigenvalue weighted by Gasteiger charge is 2.17. The molecule has 144 valence electrons. The summed E-state index contributed by atoms with van der Waals surface area (Å²) in [5.41, 5.74) is 2.32. The molecule has 0 radical (unpaired) electrons. The van der Waals surface area contributed by atoms with E-state index < -0.39 is 0 Å². The molecule has 1 heterocycles. The van der Waals surface area contributed by atoms with Crippen LogP contribution in [0.1, 0.15) is 38.8 Å². The molecule has 1 aliphatic rings. The molecule has 1 aromatic rings. The molecule has 0 unspecified atom stereocenters. The molecule has 0 bridgehead atoms. The summed E-state index contributed by atoms with van der Waals surface area (Å²) in [5, 5.41) is 6.23. The Morgan fingerprint density at radius 1 is 1.35 bits per heavy atom. The van der Waals surface area contributed by atoms with Crippen LogP contribution in [0.25, 0.3) is 0 Å². The zero-order valence-electron chi connectivity index (χ0n) is 16.7. The number of rotatable bonds is 6. The van der Waals surface area contributed by atoms with Crippen molar-refractivity contribution in [3.05, 3.63) is 29.3 Å². The van der Waals surface area contributed by atoms with Gasteiger partial charge in [0.25, 0.3) is 0 Å². The summed E-state index contributed by atoms with van der Waals surface area (Å²) in [6.07, 6.45) is 1.85. The first-order valence-corrected chi connectivity index (χ1v) is 9.33. The van der Waals surface area contributed by atoms with Gasteiger partial charge in [-0.3, -0.25) is 9.79 Å². The highest BCUT2D eigenvalue weighted by Crippen LogP contribution is 2.25. The Balaban J connectivity index is 1.91. The Morgan fingerprint density at radius 3 is 2.81 bits per heavy atom. The first-order chi connectivity index (χ1) is 12.3. The maximum Gasteiger partial charge on any atom is 0.240 e. The van der Waals surface area contributed by atoms with Gasteiger partial charge in [0.2, 0.25) is 5.91 Å². The van der Waals surface area contributed by atoms with E-state index in [0.717, 1.165) is 37.7 Å². The van der Waals surface area contributed by atoms with Crippen LogP contribution >= 0.6 is 0 Å². The lowest BCUT2D eigenvalue weighted by molar-refractivity contribution is -0.122. The first-order valence-electron chi connectivity index (χ1n) is 9.33. The molecular weight excluding hydrogens is 328 g/mol. The van der Waals surface area contributed by atoms with Crippen molar-refractivity contribution in [1.82, 2.24) is 15.5 Å². The number of ether oxygens (including phenoxy) is 1. The van der Waals surface area contributed by atoms with Gasteiger partial charge in [-0.1, -0.05) is 12.1 Å². The molecule has 6 nitrogen and oxygen atoms in total. The van der Waals surface area contributed by atoms with Gasteiger partial charge in [-0.15, -0.1) is 0 Å². The number of likely N-dealkylation sites (N-methyl/N-ethyl adjacent to an activating group) is 1. The molecule has 0 saturated carbocycles. The Labute approximate surface area is 157 Å². The molecule has 1 aliphatic heterocycles. The Kier molecular flexibility index (Phi) is 6.89. The predicted molar refractivity (Wildman–Crippen MR) is 106 cm³/mol. The highest BCUT2D eigenvalue weighted by molar-refractivity contribution is 5.86. The van der Waals surface area contributed by atoms with Crippen LogP contribution in [0.2, 0.25) is 0 Å². The molecule has 0 aliphatic carbocycles. The number of hydrogen-bond acceptors (Lipinski definition) is 3. The summed E-state index contributed by atoms with van der Waals surface area (Å²) >= 11 is 0. The molecule has 2 rings (SSSR count). The summed E-state index contributed by atoms with van der Waals surface area (Å²) in [5.74, 6) is 1.75. The number of guanidine groups is 1. The lowest BCUT2D eigenvalue weighted by atomic mass is 10.1. The molecule has 0 atom stereocenters. The molecule has 0 spiro atoms. The zero-order valence-corrected chi connectivity index (χ0v) is 16.7. The fourth-order valence-electron chi connectivity index (χ4n) is 2.90. The van der Waals surface area contributed by atoms with Crippen LogP contribution < -0.4 is 15.4 Å². The maximum atomic E-state index is 12.1. The number of aliphatic imine (C=N–C) groups is 1. The van der Waals surface area contributed by atoms with Crippen molar-refractivity contribution in [3.8, 4) is 5.75 Å². The number of carbonyl (C=O) groups is 1. The fourth-order valence-corrected chi connectivity index (χ4v) is 2.90. The Bertz CT molecular complexity index is 650. The van der Waals surface area contributed by atoms with Gasteiger partial charge >= 0.3 is 0 Å². The lowest BCUT2D eigenvalue weighted by Gasteiger charge is -2.25. The highest BCUT2D eigenvalue weighted by atomic mass is 16.5. The monoisotopic (exact) mass is 360 g/mol. The second-order valence-corrected chi connectivity index (χ2v) is 7.68. The molecule has 0 fully saturated rings. The summed E-state index contributed by atoms with van der Waals surface area (Å²) in [6, 6.07) is 6.37. The normalized spacial score (nSPS) is 13.8. The van der Waals surface area contributed by atoms with Gasteiger partial charge in [-0.25, -0.2) is 0 Å². The minimum absolute atomic E-state index is 0.00998. The standard InChI is InChI=1S/C20H32N4O2/c1-6-21-19(24(5)14-18(25)23-20(2,3)4)22-11-9-15-7-8-17-16(13-15)10-12-26-17/h7-8,13H,6,9-12,14H2,1-5H3,(H,21,22)(H,23,25). The van der Waals surface area contributed by atoms with Crippen LogP contribution in [0.15, 0.2) is 23.2 Å². The van der Waals surface area contributed by atoms with Crippen LogP contribution in [-0.4, -0.2) is 55.6 Å². The van der Waals surface area contributed by atoms with Crippen molar-refractivity contribution < 1.29 is 9.53 Å². The Hall–Kier alpha value is -2.24. The largest absolute Gasteiger partial charge is 0.493 e. The van der Waals surface area contributed by atoms with Gasteiger partial charge in [0.1, 0.15) is 5.75 Å². The van der Waals surface area contributed by atoms with Gasteiger partial charge in [0.05, 0.1) is 13.2 Å². The van der Waals surface area contributed by atoms with Crippen LogP contribution in [0.4, 0.5) is 0 Å². The quantitative estimate of drug-likeness (QED) is 0.601. The van der Waals surface area contributed by atoms with E-state index in [1.165, 1.54) is 11.1 Å². The van der Waals surface area contributed by atoms with E-state index in [9.17, 15) is 4.79 Å². The Morgan fingerprint density at radius 2 is 2.12 bits per heavy atom. The van der Waals surface area contributed by atoms with Crippen molar-refractivity contribution in [3.63, 3.8) is 0 Å². The SMILES string of the molecule is CCNC(=NCCc1ccc2c(c1)CCO2)N(C)CC(=O)NC(C)(C)C. The number of nitrogens with zero attached hydrogens (tertiary/aromatic N) is 2. The molecule has 6 heteroatoms. The second kappa shape index (κ2) is 8.92. The summed E-state index contributed by atoms with van der Waals surface area (Å²) in [6.45, 7) is 10.5. The van der Waals surface area contributed by atoms with Crippen LogP contribution in [0, 0.1) is 0 Å². The van der Waals surface area contributed by atoms with E-state index in [1.807, 2.05) is 39.6 Å². The van der Waals surface area contributed by atoms with Gasteiger partial charge in [0.15, 0.2) is 5.96 Å². The van der Waals surface area contributed by atoms with E-state index in [4.69, 9.17) is 4.74 Å². The zero-order chi connectivity index (χ0) is 19.2. The fraction of sp³-hybridized carbons (Fsp3) is 0.600. The smallest absolute Gasteiger partial charge is 0.240 e. The number of fused-ring (bicyclic) bond motifs is 1. The number of nitrogens with one attached hydrogen (secondary N) is 2. The third kappa shape index (κ3) is 6.24. The van der Waals surface area contributed by atoms with Gasteiger partial charge in [-0.2, -0.15) is 0 Å². The van der Waals surface area contributed by atoms with Crippen molar-refractivity contribution in [2.24, 2.45) is 4.99 Å². The van der Waals surface area contributed by atoms with Gasteiger partial charge < -0.3 is 20.3 Å². The van der Waals surface area contributed by atoms with Crippen molar-refractivity contribution >= 4 is 11.9 Å². The van der Waals surface area contributed by atoms with Crippen molar-refractivity contribution in [2.45, 2.75) is 46.1 Å². The first kappa shape index (κ1) is 20.1. The molecule has 2 N–H and O–H groups in total. The molecule has 1 amide bonds. The van der Waals surface area contributed by atoms with E-state index >= 15 is 0 Å². The third-order valence-electron chi connectivity index (χ3n) is 4.01. The maximum absolute atomic E-state index is 12.1. The topological polar surface area (TPSA) is 66.0 Å². The van der Waals surface area contributed by atoms with Crippen LogP contribution in [-0.2, 0) is 17.6 Å². The predicted octanol–water partition coefficient (Wildman–Crippen LogP) is 1.98. The summed E-state index contributed by atoms with van der Waals surface area (Å²) in [4.78, 5) is 18.7. The molecule has 26 heavy (non-hydrogen) atoms. The number of benzene rings is 1. The summed E-state index contributed by atoms with van der Waals surface area (Å²) < 4.78 is 5.55. The van der Waals surface area contributed by atoms with E-state index in [1.54, 1.807) is 0 Å². The van der Waals surface area contributed by atoms with Crippen LogP contribution in [0.3, 0.4) is 0 Å². The van der Waals surface area contributed by atoms with E-state index in [-0.39, 0.29) is 18.0 Å². The number of carbonyl (C=O) groups excluding carboxylic acids is 1. The van der Waals surface area contributed by atoms with Gasteiger partial charge in [-0.05, 0) is 51.3 Å². The average molecular weight is 361 g/mol. The minimum atomic E-state index is -0.231. The lowest BCUT2D eigenvalue weighted by Crippen LogP contribution is -2.48. The van der Waals surface area contributed by atoms with Gasteiger partial charge in [0, 0.05) is 32.1 Å². The number of hydrogen-bond donors (Lipinski definition) is 2. The molecule has 1 aromatic carbocycles.